The van der Waals surface area contributed by atoms with Crippen molar-refractivity contribution in [1.82, 2.24) is 25.2 Å². The van der Waals surface area contributed by atoms with Crippen molar-refractivity contribution in [3.05, 3.63) is 71.0 Å². The molecular weight excluding hydrogens is 390 g/mol. The highest BCUT2D eigenvalue weighted by Crippen LogP contribution is 2.26. The van der Waals surface area contributed by atoms with E-state index in [1.807, 2.05) is 50.2 Å². The number of ether oxygens (including phenoxy) is 1. The van der Waals surface area contributed by atoms with E-state index >= 15 is 0 Å². The van der Waals surface area contributed by atoms with Crippen molar-refractivity contribution < 1.29 is 9.53 Å². The molecule has 1 N–H and O–H groups in total. The molecule has 4 rings (SSSR count). The predicted octanol–water partition coefficient (Wildman–Crippen LogP) is 3.46. The van der Waals surface area contributed by atoms with Crippen LogP contribution in [0, 0.1) is 13.8 Å². The maximum Gasteiger partial charge on any atom is 0.273 e. The number of aromatic nitrogens is 3. The van der Waals surface area contributed by atoms with Crippen LogP contribution in [-0.4, -0.2) is 52.5 Å². The van der Waals surface area contributed by atoms with E-state index in [1.165, 1.54) is 24.0 Å². The number of likely N-dealkylation sites (tertiary alicyclic amines) is 1. The molecule has 0 radical (unpaired) electrons. The van der Waals surface area contributed by atoms with E-state index in [4.69, 9.17) is 4.74 Å². The van der Waals surface area contributed by atoms with Crippen LogP contribution < -0.4 is 10.1 Å². The topological polar surface area (TPSA) is 72.3 Å². The molecule has 1 unspecified atom stereocenters. The van der Waals surface area contributed by atoms with Gasteiger partial charge in [-0.25, -0.2) is 4.68 Å². The Morgan fingerprint density at radius 2 is 1.74 bits per heavy atom. The summed E-state index contributed by atoms with van der Waals surface area (Å²) < 4.78 is 6.99. The molecule has 31 heavy (non-hydrogen) atoms. The summed E-state index contributed by atoms with van der Waals surface area (Å²) in [6.07, 6.45) is 2.37. The highest BCUT2D eigenvalue weighted by atomic mass is 16.5. The SMILES string of the molecule is COc1ccc(C(CNC(=O)c2nnn(-c3ccc(C)cc3)c2C)N2CCCC2)cc1. The van der Waals surface area contributed by atoms with Crippen LogP contribution in [0.3, 0.4) is 0 Å². The Hall–Kier alpha value is -3.19. The first-order chi connectivity index (χ1) is 15.1. The minimum Gasteiger partial charge on any atom is -0.497 e. The van der Waals surface area contributed by atoms with Crippen LogP contribution in [0.15, 0.2) is 48.5 Å². The highest BCUT2D eigenvalue weighted by molar-refractivity contribution is 5.93. The van der Waals surface area contributed by atoms with E-state index in [9.17, 15) is 4.79 Å². The molecule has 1 fully saturated rings. The Balaban J connectivity index is 1.49. The fourth-order valence-electron chi connectivity index (χ4n) is 4.08. The molecule has 1 aliphatic rings. The van der Waals surface area contributed by atoms with Gasteiger partial charge in [0.15, 0.2) is 5.69 Å². The van der Waals surface area contributed by atoms with Gasteiger partial charge < -0.3 is 10.1 Å². The zero-order valence-corrected chi connectivity index (χ0v) is 18.3. The van der Waals surface area contributed by atoms with Gasteiger partial charge in [-0.3, -0.25) is 9.69 Å². The molecule has 1 amide bonds. The van der Waals surface area contributed by atoms with Crippen LogP contribution >= 0.6 is 0 Å². The Morgan fingerprint density at radius 1 is 1.06 bits per heavy atom. The molecule has 0 saturated carbocycles. The van der Waals surface area contributed by atoms with Crippen molar-refractivity contribution in [1.29, 1.82) is 0 Å². The van der Waals surface area contributed by atoms with E-state index < -0.39 is 0 Å². The van der Waals surface area contributed by atoms with Crippen molar-refractivity contribution in [2.45, 2.75) is 32.7 Å². The molecule has 162 valence electrons. The summed E-state index contributed by atoms with van der Waals surface area (Å²) in [4.78, 5) is 15.4. The van der Waals surface area contributed by atoms with Crippen LogP contribution in [0.25, 0.3) is 5.69 Å². The summed E-state index contributed by atoms with van der Waals surface area (Å²) in [6, 6.07) is 16.2. The summed E-state index contributed by atoms with van der Waals surface area (Å²) in [5.74, 6) is 0.630. The third-order valence-corrected chi connectivity index (χ3v) is 5.93. The number of carbonyl (C=O) groups excluding carboxylic acids is 1. The van der Waals surface area contributed by atoms with Gasteiger partial charge in [0.05, 0.1) is 24.5 Å². The maximum absolute atomic E-state index is 12.9. The number of nitrogens with one attached hydrogen (secondary N) is 1. The number of aryl methyl sites for hydroxylation is 1. The molecule has 2 aromatic carbocycles. The quantitative estimate of drug-likeness (QED) is 0.635. The van der Waals surface area contributed by atoms with Gasteiger partial charge in [-0.15, -0.1) is 5.10 Å². The first-order valence-corrected chi connectivity index (χ1v) is 10.7. The smallest absolute Gasteiger partial charge is 0.273 e. The molecule has 1 aliphatic heterocycles. The molecular formula is C24H29N5O2. The molecule has 1 saturated heterocycles. The lowest BCUT2D eigenvalue weighted by atomic mass is 10.1. The van der Waals surface area contributed by atoms with E-state index in [0.717, 1.165) is 30.2 Å². The normalized spacial score (nSPS) is 15.1. The number of methoxy groups -OCH3 is 1. The van der Waals surface area contributed by atoms with Crippen LogP contribution in [0.4, 0.5) is 0 Å². The fraction of sp³-hybridized carbons (Fsp3) is 0.375. The third kappa shape index (κ3) is 4.61. The zero-order chi connectivity index (χ0) is 21.8. The van der Waals surface area contributed by atoms with Crippen LogP contribution in [-0.2, 0) is 0 Å². The van der Waals surface area contributed by atoms with Gasteiger partial charge in [-0.1, -0.05) is 35.0 Å². The monoisotopic (exact) mass is 419 g/mol. The Labute approximate surface area is 183 Å². The van der Waals surface area contributed by atoms with Gasteiger partial charge >= 0.3 is 0 Å². The lowest BCUT2D eigenvalue weighted by Crippen LogP contribution is -2.37. The van der Waals surface area contributed by atoms with E-state index in [-0.39, 0.29) is 11.9 Å². The second kappa shape index (κ2) is 9.31. The van der Waals surface area contributed by atoms with Gasteiger partial charge in [0.25, 0.3) is 5.91 Å². The molecule has 2 heterocycles. The van der Waals surface area contributed by atoms with E-state index in [2.05, 4.69) is 32.7 Å². The molecule has 7 heteroatoms. The van der Waals surface area contributed by atoms with Gasteiger partial charge in [0.2, 0.25) is 0 Å². The number of carbonyl (C=O) groups is 1. The Kier molecular flexibility index (Phi) is 6.32. The average Bonchev–Trinajstić information content (AvgIpc) is 3.45. The van der Waals surface area contributed by atoms with Crippen molar-refractivity contribution >= 4 is 5.91 Å². The van der Waals surface area contributed by atoms with Gasteiger partial charge in [0.1, 0.15) is 5.75 Å². The third-order valence-electron chi connectivity index (χ3n) is 5.93. The molecule has 0 bridgehead atoms. The predicted molar refractivity (Wildman–Crippen MR) is 120 cm³/mol. The summed E-state index contributed by atoms with van der Waals surface area (Å²) >= 11 is 0. The van der Waals surface area contributed by atoms with Crippen molar-refractivity contribution in [2.24, 2.45) is 0 Å². The van der Waals surface area contributed by atoms with E-state index in [1.54, 1.807) is 11.8 Å². The summed E-state index contributed by atoms with van der Waals surface area (Å²) in [6.45, 7) is 6.50. The number of rotatable bonds is 7. The molecule has 1 atom stereocenters. The largest absolute Gasteiger partial charge is 0.497 e. The Bertz CT molecular complexity index is 1020. The van der Waals surface area contributed by atoms with Crippen LogP contribution in [0.1, 0.15) is 46.2 Å². The van der Waals surface area contributed by atoms with Gasteiger partial charge in [0, 0.05) is 6.54 Å². The molecule has 0 spiro atoms. The lowest BCUT2D eigenvalue weighted by molar-refractivity contribution is 0.0932. The average molecular weight is 420 g/mol. The molecule has 3 aromatic rings. The van der Waals surface area contributed by atoms with Crippen LogP contribution in [0.5, 0.6) is 5.75 Å². The number of nitrogens with zero attached hydrogens (tertiary/aromatic N) is 4. The fourth-order valence-corrected chi connectivity index (χ4v) is 4.08. The summed E-state index contributed by atoms with van der Waals surface area (Å²) in [5, 5.41) is 11.4. The second-order valence-electron chi connectivity index (χ2n) is 8.01. The highest BCUT2D eigenvalue weighted by Gasteiger charge is 2.25. The maximum atomic E-state index is 12.9. The number of amides is 1. The van der Waals surface area contributed by atoms with E-state index in [0.29, 0.717) is 12.2 Å². The van der Waals surface area contributed by atoms with Crippen molar-refractivity contribution in [3.8, 4) is 11.4 Å². The number of hydrogen-bond acceptors (Lipinski definition) is 5. The standard InChI is InChI=1S/C24H29N5O2/c1-17-6-10-20(11-7-17)29-18(2)23(26-27-29)24(30)25-16-22(28-14-4-5-15-28)19-8-12-21(31-3)13-9-19/h6-13,22H,4-5,14-16H2,1-3H3,(H,25,30). The van der Waals surface area contributed by atoms with Crippen LogP contribution in [0.2, 0.25) is 0 Å². The molecule has 7 nitrogen and oxygen atoms in total. The summed E-state index contributed by atoms with van der Waals surface area (Å²) in [5.41, 5.74) is 4.32. The van der Waals surface area contributed by atoms with Crippen molar-refractivity contribution in [2.75, 3.05) is 26.7 Å². The number of benzene rings is 2. The second-order valence-corrected chi connectivity index (χ2v) is 8.01. The van der Waals surface area contributed by atoms with Gasteiger partial charge in [-0.05, 0) is 69.6 Å². The minimum absolute atomic E-state index is 0.116. The minimum atomic E-state index is -0.200. The number of hydrogen-bond donors (Lipinski definition) is 1. The first kappa shape index (κ1) is 21.1. The van der Waals surface area contributed by atoms with Gasteiger partial charge in [-0.2, -0.15) is 0 Å². The lowest BCUT2D eigenvalue weighted by Gasteiger charge is -2.28. The van der Waals surface area contributed by atoms with Crippen molar-refractivity contribution in [3.63, 3.8) is 0 Å². The first-order valence-electron chi connectivity index (χ1n) is 10.7. The summed E-state index contributed by atoms with van der Waals surface area (Å²) in [7, 11) is 1.67. The zero-order valence-electron chi connectivity index (χ0n) is 18.3. The Morgan fingerprint density at radius 3 is 2.39 bits per heavy atom. The molecule has 1 aromatic heterocycles. The molecule has 0 aliphatic carbocycles.